The maximum atomic E-state index is 10.3. The molecule has 2 nitrogen and oxygen atoms in total. The van der Waals surface area contributed by atoms with E-state index in [0.29, 0.717) is 22.7 Å². The van der Waals surface area contributed by atoms with E-state index in [1.807, 2.05) is 5.57 Å². The molecule has 8 atom stereocenters. The van der Waals surface area contributed by atoms with Crippen LogP contribution in [0.1, 0.15) is 77.7 Å². The van der Waals surface area contributed by atoms with Gasteiger partial charge in [0, 0.05) is 12.1 Å². The number of aromatic nitrogens is 1. The maximum Gasteiger partial charge on any atom is 0.169 e. The van der Waals surface area contributed by atoms with Crippen molar-refractivity contribution in [2.75, 3.05) is 0 Å². The average Bonchev–Trinajstić information content (AvgIpc) is 3.11. The van der Waals surface area contributed by atoms with E-state index in [0.717, 1.165) is 30.6 Å². The summed E-state index contributed by atoms with van der Waals surface area (Å²) in [6.07, 6.45) is 21.7. The SMILES string of the molecule is C[C@H](/C=C/c1cc[n+](C)cc1)[C@H]1CC[C@H]2C3=CC[C@H]4C[C@@H](O)CC[C@]4(C)[C@H]3CC[C@]12C. The van der Waals surface area contributed by atoms with Gasteiger partial charge in [-0.15, -0.1) is 0 Å². The van der Waals surface area contributed by atoms with Gasteiger partial charge in [0.15, 0.2) is 12.4 Å². The van der Waals surface area contributed by atoms with Crippen molar-refractivity contribution in [1.82, 2.24) is 0 Å². The smallest absolute Gasteiger partial charge is 0.169 e. The molecule has 4 aliphatic carbocycles. The van der Waals surface area contributed by atoms with Crippen molar-refractivity contribution in [2.24, 2.45) is 47.5 Å². The fourth-order valence-corrected chi connectivity index (χ4v) is 8.41. The van der Waals surface area contributed by atoms with Crippen molar-refractivity contribution in [1.29, 1.82) is 0 Å². The molecule has 0 radical (unpaired) electrons. The van der Waals surface area contributed by atoms with Crippen molar-refractivity contribution < 1.29 is 9.67 Å². The summed E-state index contributed by atoms with van der Waals surface area (Å²) in [5.74, 6) is 3.66. The Kier molecular flexibility index (Phi) is 5.44. The molecule has 0 bridgehead atoms. The zero-order valence-electron chi connectivity index (χ0n) is 20.1. The Labute approximate surface area is 189 Å². The van der Waals surface area contributed by atoms with Crippen LogP contribution >= 0.6 is 0 Å². The Bertz CT molecular complexity index is 869. The summed E-state index contributed by atoms with van der Waals surface area (Å²) in [7, 11) is 2.07. The highest BCUT2D eigenvalue weighted by Crippen LogP contribution is 2.66. The molecule has 3 fully saturated rings. The number of nitrogens with zero attached hydrogens (tertiary/aromatic N) is 1. The molecule has 0 aliphatic heterocycles. The van der Waals surface area contributed by atoms with Crippen molar-refractivity contribution in [3.63, 3.8) is 0 Å². The highest BCUT2D eigenvalue weighted by Gasteiger charge is 2.57. The number of rotatable bonds is 3. The first-order chi connectivity index (χ1) is 14.8. The Hall–Kier alpha value is -1.41. The summed E-state index contributed by atoms with van der Waals surface area (Å²) in [5, 5.41) is 10.3. The molecule has 5 rings (SSSR count). The monoisotopic (exact) mass is 420 g/mol. The molecule has 0 unspecified atom stereocenters. The lowest BCUT2D eigenvalue weighted by atomic mass is 9.47. The molecular formula is C29H42NO+. The van der Waals surface area contributed by atoms with Crippen molar-refractivity contribution >= 4 is 6.08 Å². The molecule has 1 N–H and O–H groups in total. The lowest BCUT2D eigenvalue weighted by Crippen LogP contribution is -2.49. The maximum absolute atomic E-state index is 10.3. The van der Waals surface area contributed by atoms with E-state index in [9.17, 15) is 5.11 Å². The quantitative estimate of drug-likeness (QED) is 0.464. The van der Waals surface area contributed by atoms with E-state index in [2.05, 4.69) is 75.1 Å². The van der Waals surface area contributed by atoms with E-state index < -0.39 is 0 Å². The molecule has 31 heavy (non-hydrogen) atoms. The van der Waals surface area contributed by atoms with Crippen molar-refractivity contribution in [3.8, 4) is 0 Å². The van der Waals surface area contributed by atoms with Crippen molar-refractivity contribution in [2.45, 2.75) is 78.2 Å². The molecule has 3 saturated carbocycles. The first kappa shape index (κ1) is 21.4. The molecule has 1 aromatic heterocycles. The second-order valence-corrected chi connectivity index (χ2v) is 11.9. The minimum Gasteiger partial charge on any atom is -0.393 e. The van der Waals surface area contributed by atoms with Crippen molar-refractivity contribution in [3.05, 3.63) is 47.8 Å². The van der Waals surface area contributed by atoms with Gasteiger partial charge in [0.05, 0.1) is 6.10 Å². The van der Waals surface area contributed by atoms with Gasteiger partial charge in [-0.2, -0.15) is 0 Å². The lowest BCUT2D eigenvalue weighted by Gasteiger charge is -2.57. The topological polar surface area (TPSA) is 24.1 Å². The molecule has 4 aliphatic rings. The van der Waals surface area contributed by atoms with Gasteiger partial charge in [-0.3, -0.25) is 0 Å². The van der Waals surface area contributed by atoms with Crippen LogP contribution < -0.4 is 4.57 Å². The second-order valence-electron chi connectivity index (χ2n) is 11.9. The number of aliphatic hydroxyl groups excluding tert-OH is 1. The average molecular weight is 421 g/mol. The minimum absolute atomic E-state index is 0.0579. The highest BCUT2D eigenvalue weighted by molar-refractivity contribution is 5.48. The predicted octanol–water partition coefficient (Wildman–Crippen LogP) is 6.10. The van der Waals surface area contributed by atoms with Gasteiger partial charge in [0.1, 0.15) is 7.05 Å². The largest absolute Gasteiger partial charge is 0.393 e. The molecule has 1 heterocycles. The Morgan fingerprint density at radius 1 is 1.03 bits per heavy atom. The molecule has 2 heteroatoms. The zero-order chi connectivity index (χ0) is 21.8. The number of allylic oxidation sites excluding steroid dienone is 3. The molecule has 168 valence electrons. The van der Waals surface area contributed by atoms with Gasteiger partial charge in [0.25, 0.3) is 0 Å². The third kappa shape index (κ3) is 3.54. The van der Waals surface area contributed by atoms with Crippen LogP contribution in [0.3, 0.4) is 0 Å². The predicted molar refractivity (Wildman–Crippen MR) is 127 cm³/mol. The molecule has 0 saturated heterocycles. The fraction of sp³-hybridized carbons (Fsp3) is 0.690. The summed E-state index contributed by atoms with van der Waals surface area (Å²) in [6.45, 7) is 7.65. The fourth-order valence-electron chi connectivity index (χ4n) is 8.41. The van der Waals surface area contributed by atoms with Crippen LogP contribution in [0.25, 0.3) is 6.08 Å². The lowest BCUT2D eigenvalue weighted by molar-refractivity contribution is -0.671. The molecule has 0 amide bonds. The number of hydrogen-bond donors (Lipinski definition) is 1. The molecule has 0 aromatic carbocycles. The van der Waals surface area contributed by atoms with Crippen LogP contribution in [0.5, 0.6) is 0 Å². The van der Waals surface area contributed by atoms with Crippen LogP contribution in [0, 0.1) is 40.4 Å². The van der Waals surface area contributed by atoms with Crippen LogP contribution in [0.4, 0.5) is 0 Å². The first-order valence-corrected chi connectivity index (χ1v) is 12.8. The third-order valence-corrected chi connectivity index (χ3v) is 10.4. The summed E-state index contributed by atoms with van der Waals surface area (Å²) in [4.78, 5) is 0. The number of pyridine rings is 1. The van der Waals surface area contributed by atoms with Gasteiger partial charge >= 0.3 is 0 Å². The number of aryl methyl sites for hydroxylation is 1. The normalized spacial score (nSPS) is 43.1. The summed E-state index contributed by atoms with van der Waals surface area (Å²) in [6, 6.07) is 4.41. The minimum atomic E-state index is -0.0579. The van der Waals surface area contributed by atoms with Gasteiger partial charge in [-0.25, -0.2) is 4.57 Å². The zero-order valence-corrected chi connectivity index (χ0v) is 20.1. The van der Waals surface area contributed by atoms with Crippen LogP contribution in [-0.4, -0.2) is 11.2 Å². The summed E-state index contributed by atoms with van der Waals surface area (Å²) < 4.78 is 2.10. The van der Waals surface area contributed by atoms with Crippen LogP contribution in [0.2, 0.25) is 0 Å². The number of aliphatic hydroxyl groups is 1. The number of hydrogen-bond acceptors (Lipinski definition) is 1. The Balaban J connectivity index is 1.35. The Morgan fingerprint density at radius 3 is 2.52 bits per heavy atom. The molecule has 1 aromatic rings. The van der Waals surface area contributed by atoms with Gasteiger partial charge < -0.3 is 5.11 Å². The van der Waals surface area contributed by atoms with E-state index in [1.165, 1.54) is 44.1 Å². The van der Waals surface area contributed by atoms with E-state index in [-0.39, 0.29) is 6.10 Å². The number of fused-ring (bicyclic) bond motifs is 5. The highest BCUT2D eigenvalue weighted by atomic mass is 16.3. The van der Waals surface area contributed by atoms with Gasteiger partial charge in [-0.1, -0.05) is 44.6 Å². The molecular weight excluding hydrogens is 378 g/mol. The second kappa shape index (κ2) is 7.87. The van der Waals surface area contributed by atoms with E-state index in [4.69, 9.17) is 0 Å². The molecule has 0 spiro atoms. The van der Waals surface area contributed by atoms with Crippen LogP contribution in [0.15, 0.2) is 42.3 Å². The van der Waals surface area contributed by atoms with Gasteiger partial charge in [0.2, 0.25) is 0 Å². The standard InChI is InChI=1S/C29H42NO/c1-20(5-6-21-13-17-30(4)18-14-21)25-9-10-26-24-8-7-22-19-23(31)11-15-28(22,2)27(24)12-16-29(25,26)3/h5-6,8,13-14,17-18,20,22-23,25-27,31H,7,9-12,15-16,19H2,1-4H3/q+1/b6-5+/t20-,22+,23+,25-,26+,27+,28+,29-/m1/s1. The Morgan fingerprint density at radius 2 is 1.74 bits per heavy atom. The van der Waals surface area contributed by atoms with Crippen LogP contribution in [-0.2, 0) is 7.05 Å². The summed E-state index contributed by atoms with van der Waals surface area (Å²) >= 11 is 0. The summed E-state index contributed by atoms with van der Waals surface area (Å²) in [5.41, 5.74) is 4.02. The van der Waals surface area contributed by atoms with E-state index in [1.54, 1.807) is 0 Å². The van der Waals surface area contributed by atoms with E-state index >= 15 is 0 Å². The third-order valence-electron chi connectivity index (χ3n) is 10.4. The first-order valence-electron chi connectivity index (χ1n) is 12.8. The van der Waals surface area contributed by atoms with Gasteiger partial charge in [-0.05, 0) is 97.3 Å².